The summed E-state index contributed by atoms with van der Waals surface area (Å²) in [4.78, 5) is 12.8. The van der Waals surface area contributed by atoms with Crippen LogP contribution in [0.4, 0.5) is 11.4 Å². The molecule has 0 atom stereocenters. The second kappa shape index (κ2) is 7.35. The molecule has 1 aliphatic rings. The summed E-state index contributed by atoms with van der Waals surface area (Å²) in [6.07, 6.45) is 2.14. The van der Waals surface area contributed by atoms with Crippen LogP contribution in [0, 0.1) is 16.0 Å². The Labute approximate surface area is 124 Å². The number of ether oxygens (including phenoxy) is 1. The van der Waals surface area contributed by atoms with Crippen molar-refractivity contribution < 1.29 is 9.66 Å². The van der Waals surface area contributed by atoms with Gasteiger partial charge in [-0.05, 0) is 31.4 Å². The molecule has 0 radical (unpaired) electrons. The van der Waals surface area contributed by atoms with Gasteiger partial charge in [-0.3, -0.25) is 16.0 Å². The lowest BCUT2D eigenvalue weighted by atomic mass is 9.99. The molecule has 3 N–H and O–H groups in total. The number of nitrogens with zero attached hydrogens (tertiary/aromatic N) is 2. The molecule has 0 aliphatic carbocycles. The normalized spacial score (nSPS) is 16.1. The predicted molar refractivity (Wildman–Crippen MR) is 80.8 cm³/mol. The molecule has 0 bridgehead atoms. The van der Waals surface area contributed by atoms with Gasteiger partial charge in [0.1, 0.15) is 5.69 Å². The lowest BCUT2D eigenvalue weighted by molar-refractivity contribution is -0.384. The number of para-hydroxylation sites is 1. The van der Waals surface area contributed by atoms with Gasteiger partial charge >= 0.3 is 0 Å². The van der Waals surface area contributed by atoms with E-state index in [9.17, 15) is 10.1 Å². The summed E-state index contributed by atoms with van der Waals surface area (Å²) in [7, 11) is 2.02. The number of anilines is 1. The van der Waals surface area contributed by atoms with Crippen molar-refractivity contribution in [2.24, 2.45) is 11.8 Å². The summed E-state index contributed by atoms with van der Waals surface area (Å²) in [5.41, 5.74) is 3.70. The van der Waals surface area contributed by atoms with Crippen molar-refractivity contribution in [1.29, 1.82) is 0 Å². The van der Waals surface area contributed by atoms with Gasteiger partial charge in [0.2, 0.25) is 0 Å². The fourth-order valence-corrected chi connectivity index (χ4v) is 2.76. The predicted octanol–water partition coefficient (Wildman–Crippen LogP) is 1.74. The lowest BCUT2D eigenvalue weighted by Gasteiger charge is -2.27. The van der Waals surface area contributed by atoms with Gasteiger partial charge in [0, 0.05) is 32.4 Å². The molecule has 0 amide bonds. The number of nitrogens with two attached hydrogens (primary N) is 1. The van der Waals surface area contributed by atoms with Crippen LogP contribution in [0.5, 0.6) is 0 Å². The highest BCUT2D eigenvalue weighted by Crippen LogP contribution is 2.28. The monoisotopic (exact) mass is 294 g/mol. The molecule has 1 aliphatic heterocycles. The van der Waals surface area contributed by atoms with E-state index in [0.717, 1.165) is 38.2 Å². The highest BCUT2D eigenvalue weighted by Gasteiger charge is 2.19. The standard InChI is InChI=1S/C14H22N4O3/c1-17(9-11-5-7-21-8-6-11)10-12-3-2-4-13(18(19)20)14(12)16-15/h2-4,11,16H,5-10,15H2,1H3. The largest absolute Gasteiger partial charge is 0.381 e. The van der Waals surface area contributed by atoms with E-state index < -0.39 is 4.92 Å². The van der Waals surface area contributed by atoms with Crippen LogP contribution in [0.2, 0.25) is 0 Å². The summed E-state index contributed by atoms with van der Waals surface area (Å²) in [5.74, 6) is 6.08. The Hall–Kier alpha value is -1.70. The second-order valence-corrected chi connectivity index (χ2v) is 5.47. The van der Waals surface area contributed by atoms with E-state index in [1.807, 2.05) is 13.1 Å². The molecule has 0 aromatic heterocycles. The third-order valence-corrected chi connectivity index (χ3v) is 3.82. The van der Waals surface area contributed by atoms with Crippen molar-refractivity contribution >= 4 is 11.4 Å². The highest BCUT2D eigenvalue weighted by molar-refractivity contribution is 5.65. The first-order valence-corrected chi connectivity index (χ1v) is 7.11. The minimum absolute atomic E-state index is 0.00877. The van der Waals surface area contributed by atoms with Gasteiger partial charge in [-0.25, -0.2) is 0 Å². The van der Waals surface area contributed by atoms with Gasteiger partial charge in [-0.1, -0.05) is 12.1 Å². The summed E-state index contributed by atoms with van der Waals surface area (Å²) < 4.78 is 5.36. The van der Waals surface area contributed by atoms with E-state index >= 15 is 0 Å². The molecule has 1 fully saturated rings. The molecule has 7 heteroatoms. The topological polar surface area (TPSA) is 93.7 Å². The number of hydrogen-bond donors (Lipinski definition) is 2. The summed E-state index contributed by atoms with van der Waals surface area (Å²) in [5, 5.41) is 11.0. The first-order valence-electron chi connectivity index (χ1n) is 7.11. The molecule has 1 aromatic rings. The van der Waals surface area contributed by atoms with Gasteiger partial charge in [0.05, 0.1) is 4.92 Å². The van der Waals surface area contributed by atoms with E-state index in [2.05, 4.69) is 10.3 Å². The molecule has 21 heavy (non-hydrogen) atoms. The van der Waals surface area contributed by atoms with Crippen molar-refractivity contribution in [2.45, 2.75) is 19.4 Å². The van der Waals surface area contributed by atoms with Crippen molar-refractivity contribution in [3.05, 3.63) is 33.9 Å². The maximum absolute atomic E-state index is 11.0. The number of nitrogens with one attached hydrogen (secondary N) is 1. The molecule has 1 heterocycles. The Morgan fingerprint density at radius 2 is 2.19 bits per heavy atom. The molecular weight excluding hydrogens is 272 g/mol. The molecule has 1 aromatic carbocycles. The maximum Gasteiger partial charge on any atom is 0.293 e. The van der Waals surface area contributed by atoms with Gasteiger partial charge in [0.25, 0.3) is 5.69 Å². The zero-order chi connectivity index (χ0) is 15.2. The quantitative estimate of drug-likeness (QED) is 0.471. The van der Waals surface area contributed by atoms with Crippen LogP contribution >= 0.6 is 0 Å². The Morgan fingerprint density at radius 1 is 1.48 bits per heavy atom. The van der Waals surface area contributed by atoms with Crippen LogP contribution in [0.3, 0.4) is 0 Å². The van der Waals surface area contributed by atoms with Crippen LogP contribution in [-0.2, 0) is 11.3 Å². The SMILES string of the molecule is CN(Cc1cccc([N+](=O)[O-])c1NN)CC1CCOCC1. The summed E-state index contributed by atoms with van der Waals surface area (Å²) in [6, 6.07) is 5.01. The van der Waals surface area contributed by atoms with Gasteiger partial charge in [-0.2, -0.15) is 0 Å². The Morgan fingerprint density at radius 3 is 2.81 bits per heavy atom. The molecule has 7 nitrogen and oxygen atoms in total. The average Bonchev–Trinajstić information content (AvgIpc) is 2.47. The number of benzene rings is 1. The van der Waals surface area contributed by atoms with Crippen molar-refractivity contribution in [2.75, 3.05) is 32.2 Å². The first kappa shape index (κ1) is 15.7. The fraction of sp³-hybridized carbons (Fsp3) is 0.571. The van der Waals surface area contributed by atoms with Crippen molar-refractivity contribution in [3.63, 3.8) is 0 Å². The van der Waals surface area contributed by atoms with Gasteiger partial charge in [0.15, 0.2) is 0 Å². The molecular formula is C14H22N4O3. The second-order valence-electron chi connectivity index (χ2n) is 5.47. The number of nitro benzene ring substituents is 1. The number of hydrogen-bond acceptors (Lipinski definition) is 6. The molecule has 0 saturated carbocycles. The molecule has 1 saturated heterocycles. The Balaban J connectivity index is 2.04. The molecule has 116 valence electrons. The van der Waals surface area contributed by atoms with Gasteiger partial charge < -0.3 is 15.1 Å². The van der Waals surface area contributed by atoms with Crippen LogP contribution in [0.25, 0.3) is 0 Å². The summed E-state index contributed by atoms with van der Waals surface area (Å²) in [6.45, 7) is 3.23. The van der Waals surface area contributed by atoms with E-state index in [1.165, 1.54) is 6.07 Å². The van der Waals surface area contributed by atoms with Crippen LogP contribution in [0.15, 0.2) is 18.2 Å². The number of rotatable bonds is 6. The van der Waals surface area contributed by atoms with E-state index in [4.69, 9.17) is 10.6 Å². The van der Waals surface area contributed by atoms with Crippen LogP contribution < -0.4 is 11.3 Å². The number of nitrogen functional groups attached to an aromatic ring is 1. The number of hydrazine groups is 1. The minimum atomic E-state index is -0.419. The third-order valence-electron chi connectivity index (χ3n) is 3.82. The lowest BCUT2D eigenvalue weighted by Crippen LogP contribution is -2.29. The third kappa shape index (κ3) is 4.13. The zero-order valence-corrected chi connectivity index (χ0v) is 12.2. The summed E-state index contributed by atoms with van der Waals surface area (Å²) >= 11 is 0. The number of nitro groups is 1. The Kier molecular flexibility index (Phi) is 5.49. The highest BCUT2D eigenvalue weighted by atomic mass is 16.6. The smallest absolute Gasteiger partial charge is 0.293 e. The zero-order valence-electron chi connectivity index (χ0n) is 12.2. The van der Waals surface area contributed by atoms with E-state index in [0.29, 0.717) is 18.2 Å². The first-order chi connectivity index (χ1) is 10.1. The molecule has 0 unspecified atom stereocenters. The van der Waals surface area contributed by atoms with Crippen molar-refractivity contribution in [3.8, 4) is 0 Å². The van der Waals surface area contributed by atoms with E-state index in [1.54, 1.807) is 6.07 Å². The molecule has 0 spiro atoms. The van der Waals surface area contributed by atoms with Crippen molar-refractivity contribution in [1.82, 2.24) is 4.90 Å². The maximum atomic E-state index is 11.0. The van der Waals surface area contributed by atoms with Crippen LogP contribution in [0.1, 0.15) is 18.4 Å². The van der Waals surface area contributed by atoms with Gasteiger partial charge in [-0.15, -0.1) is 0 Å². The molecule has 2 rings (SSSR count). The Bertz CT molecular complexity index is 489. The minimum Gasteiger partial charge on any atom is -0.381 e. The van der Waals surface area contributed by atoms with E-state index in [-0.39, 0.29) is 5.69 Å². The van der Waals surface area contributed by atoms with Crippen LogP contribution in [-0.4, -0.2) is 36.6 Å². The average molecular weight is 294 g/mol. The fourth-order valence-electron chi connectivity index (χ4n) is 2.76.